The number of methoxy groups -OCH3 is 2. The molecular formula is C21H20N2O2. The van der Waals surface area contributed by atoms with Crippen molar-refractivity contribution in [2.75, 3.05) is 19.5 Å². The van der Waals surface area contributed by atoms with E-state index in [9.17, 15) is 0 Å². The first kappa shape index (κ1) is 16.6. The number of amidine groups is 1. The number of nitrogens with one attached hydrogen (secondary N) is 1. The standard InChI is InChI=1S/C21H20N2O2/c1-24-19-14-8-6-12-17(19)22-21(16-10-4-3-5-11-16)23-18-13-7-9-15-20(18)25-2/h3-15H,1-2H3,(H,22,23). The molecule has 0 amide bonds. The Morgan fingerprint density at radius 2 is 1.32 bits per heavy atom. The van der Waals surface area contributed by atoms with E-state index in [4.69, 9.17) is 14.5 Å². The summed E-state index contributed by atoms with van der Waals surface area (Å²) in [5.74, 6) is 2.19. The molecule has 0 bridgehead atoms. The molecule has 0 saturated heterocycles. The van der Waals surface area contributed by atoms with Gasteiger partial charge in [0.05, 0.1) is 19.9 Å². The smallest absolute Gasteiger partial charge is 0.144 e. The molecule has 0 aromatic heterocycles. The van der Waals surface area contributed by atoms with Gasteiger partial charge in [0, 0.05) is 5.56 Å². The summed E-state index contributed by atoms with van der Waals surface area (Å²) >= 11 is 0. The van der Waals surface area contributed by atoms with Crippen LogP contribution in [0, 0.1) is 0 Å². The average molecular weight is 332 g/mol. The second-order valence-corrected chi connectivity index (χ2v) is 5.32. The minimum atomic E-state index is 0.717. The summed E-state index contributed by atoms with van der Waals surface area (Å²) in [6.07, 6.45) is 0. The maximum absolute atomic E-state index is 5.44. The number of aliphatic imine (C=N–C) groups is 1. The van der Waals surface area contributed by atoms with Gasteiger partial charge in [-0.25, -0.2) is 4.99 Å². The monoisotopic (exact) mass is 332 g/mol. The largest absolute Gasteiger partial charge is 0.495 e. The zero-order valence-electron chi connectivity index (χ0n) is 14.3. The summed E-state index contributed by atoms with van der Waals surface area (Å²) in [5.41, 5.74) is 2.58. The number of hydrogen-bond acceptors (Lipinski definition) is 3. The van der Waals surface area contributed by atoms with E-state index in [0.717, 1.165) is 34.3 Å². The lowest BCUT2D eigenvalue weighted by molar-refractivity contribution is 0.416. The van der Waals surface area contributed by atoms with Crippen LogP contribution >= 0.6 is 0 Å². The van der Waals surface area contributed by atoms with Gasteiger partial charge >= 0.3 is 0 Å². The summed E-state index contributed by atoms with van der Waals surface area (Å²) in [5, 5.41) is 3.38. The quantitative estimate of drug-likeness (QED) is 0.534. The average Bonchev–Trinajstić information content (AvgIpc) is 2.69. The van der Waals surface area contributed by atoms with E-state index in [2.05, 4.69) is 5.32 Å². The van der Waals surface area contributed by atoms with Crippen LogP contribution in [0.25, 0.3) is 0 Å². The Morgan fingerprint density at radius 1 is 0.720 bits per heavy atom. The maximum atomic E-state index is 5.44. The lowest BCUT2D eigenvalue weighted by atomic mass is 10.2. The van der Waals surface area contributed by atoms with Crippen LogP contribution in [0.15, 0.2) is 83.9 Å². The minimum Gasteiger partial charge on any atom is -0.495 e. The van der Waals surface area contributed by atoms with Gasteiger partial charge < -0.3 is 14.8 Å². The van der Waals surface area contributed by atoms with Crippen molar-refractivity contribution in [1.82, 2.24) is 0 Å². The van der Waals surface area contributed by atoms with Crippen LogP contribution in [0.4, 0.5) is 11.4 Å². The van der Waals surface area contributed by atoms with Crippen molar-refractivity contribution in [3.63, 3.8) is 0 Å². The van der Waals surface area contributed by atoms with E-state index >= 15 is 0 Å². The summed E-state index contributed by atoms with van der Waals surface area (Å²) in [6, 6.07) is 25.4. The molecule has 0 radical (unpaired) electrons. The third-order valence-electron chi connectivity index (χ3n) is 3.72. The number of anilines is 1. The van der Waals surface area contributed by atoms with Gasteiger partial charge in [-0.05, 0) is 24.3 Å². The molecular weight excluding hydrogens is 312 g/mol. The molecule has 0 aliphatic heterocycles. The zero-order valence-corrected chi connectivity index (χ0v) is 14.3. The van der Waals surface area contributed by atoms with Crippen LogP contribution in [0.1, 0.15) is 5.56 Å². The molecule has 0 unspecified atom stereocenters. The molecule has 1 N–H and O–H groups in total. The fourth-order valence-electron chi connectivity index (χ4n) is 2.48. The number of rotatable bonds is 5. The van der Waals surface area contributed by atoms with Gasteiger partial charge in [0.15, 0.2) is 0 Å². The van der Waals surface area contributed by atoms with Crippen molar-refractivity contribution in [3.8, 4) is 11.5 Å². The Labute approximate surface area is 147 Å². The van der Waals surface area contributed by atoms with Crippen LogP contribution in [-0.4, -0.2) is 20.1 Å². The van der Waals surface area contributed by atoms with Crippen LogP contribution in [0.2, 0.25) is 0 Å². The Morgan fingerprint density at radius 3 is 2.04 bits per heavy atom. The number of para-hydroxylation sites is 4. The second kappa shape index (κ2) is 8.02. The number of ether oxygens (including phenoxy) is 2. The zero-order chi connectivity index (χ0) is 17.5. The minimum absolute atomic E-state index is 0.717. The van der Waals surface area contributed by atoms with Gasteiger partial charge in [-0.3, -0.25) is 0 Å². The number of hydrogen-bond donors (Lipinski definition) is 1. The molecule has 0 aliphatic rings. The molecule has 4 nitrogen and oxygen atoms in total. The van der Waals surface area contributed by atoms with E-state index in [-0.39, 0.29) is 0 Å². The molecule has 0 aliphatic carbocycles. The SMILES string of the molecule is COc1ccccc1N=C(Nc1ccccc1OC)c1ccccc1. The summed E-state index contributed by atoms with van der Waals surface area (Å²) in [6.45, 7) is 0. The fraction of sp³-hybridized carbons (Fsp3) is 0.0952. The van der Waals surface area contributed by atoms with Crippen molar-refractivity contribution in [1.29, 1.82) is 0 Å². The molecule has 126 valence electrons. The van der Waals surface area contributed by atoms with E-state index < -0.39 is 0 Å². The topological polar surface area (TPSA) is 42.8 Å². The van der Waals surface area contributed by atoms with Gasteiger partial charge in [0.1, 0.15) is 23.0 Å². The molecule has 0 heterocycles. The fourth-order valence-corrected chi connectivity index (χ4v) is 2.48. The molecule has 3 aromatic carbocycles. The molecule has 0 saturated carbocycles. The Hall–Kier alpha value is -3.27. The predicted octanol–water partition coefficient (Wildman–Crippen LogP) is 4.89. The van der Waals surface area contributed by atoms with Gasteiger partial charge in [0.2, 0.25) is 0 Å². The van der Waals surface area contributed by atoms with Crippen molar-refractivity contribution >= 4 is 17.2 Å². The summed E-state index contributed by atoms with van der Waals surface area (Å²) in [4.78, 5) is 4.80. The lowest BCUT2D eigenvalue weighted by Crippen LogP contribution is -2.14. The molecule has 0 spiro atoms. The summed E-state index contributed by atoms with van der Waals surface area (Å²) in [7, 11) is 3.30. The first-order valence-corrected chi connectivity index (χ1v) is 7.99. The third-order valence-corrected chi connectivity index (χ3v) is 3.72. The molecule has 0 fully saturated rings. The van der Waals surface area contributed by atoms with E-state index in [1.165, 1.54) is 0 Å². The van der Waals surface area contributed by atoms with Gasteiger partial charge in [-0.2, -0.15) is 0 Å². The molecule has 3 aromatic rings. The lowest BCUT2D eigenvalue weighted by Gasteiger charge is -2.14. The highest BCUT2D eigenvalue weighted by molar-refractivity contribution is 6.10. The molecule has 0 atom stereocenters. The molecule has 25 heavy (non-hydrogen) atoms. The molecule has 3 rings (SSSR count). The number of benzene rings is 3. The first-order chi connectivity index (χ1) is 12.3. The normalized spacial score (nSPS) is 11.0. The van der Waals surface area contributed by atoms with Crippen molar-refractivity contribution in [2.24, 2.45) is 4.99 Å². The highest BCUT2D eigenvalue weighted by Crippen LogP contribution is 2.29. The van der Waals surface area contributed by atoms with Crippen molar-refractivity contribution in [3.05, 3.63) is 84.4 Å². The van der Waals surface area contributed by atoms with Crippen LogP contribution in [0.3, 0.4) is 0 Å². The van der Waals surface area contributed by atoms with Crippen molar-refractivity contribution in [2.45, 2.75) is 0 Å². The van der Waals surface area contributed by atoms with Gasteiger partial charge in [0.25, 0.3) is 0 Å². The maximum Gasteiger partial charge on any atom is 0.144 e. The Balaban J connectivity index is 2.06. The van der Waals surface area contributed by atoms with Crippen LogP contribution < -0.4 is 14.8 Å². The van der Waals surface area contributed by atoms with Gasteiger partial charge in [-0.1, -0.05) is 54.6 Å². The Bertz CT molecular complexity index is 861. The Kier molecular flexibility index (Phi) is 5.32. The second-order valence-electron chi connectivity index (χ2n) is 5.32. The van der Waals surface area contributed by atoms with Crippen molar-refractivity contribution < 1.29 is 9.47 Å². The first-order valence-electron chi connectivity index (χ1n) is 7.99. The summed E-state index contributed by atoms with van der Waals surface area (Å²) < 4.78 is 10.9. The van der Waals surface area contributed by atoms with E-state index in [1.54, 1.807) is 14.2 Å². The highest BCUT2D eigenvalue weighted by atomic mass is 16.5. The number of nitrogens with zero attached hydrogens (tertiary/aromatic N) is 1. The van der Waals surface area contributed by atoms with E-state index in [1.807, 2.05) is 78.9 Å². The van der Waals surface area contributed by atoms with Crippen LogP contribution in [-0.2, 0) is 0 Å². The van der Waals surface area contributed by atoms with Crippen LogP contribution in [0.5, 0.6) is 11.5 Å². The molecule has 4 heteroatoms. The van der Waals surface area contributed by atoms with Gasteiger partial charge in [-0.15, -0.1) is 0 Å². The van der Waals surface area contributed by atoms with E-state index in [0.29, 0.717) is 0 Å². The highest BCUT2D eigenvalue weighted by Gasteiger charge is 2.09. The predicted molar refractivity (Wildman–Crippen MR) is 102 cm³/mol. The third kappa shape index (κ3) is 3.98.